The number of halogens is 3. The molecule has 4 rings (SSSR count). The molecule has 14 heteroatoms. The molecule has 0 aliphatic rings. The summed E-state index contributed by atoms with van der Waals surface area (Å²) in [6.07, 6.45) is 2.82. The van der Waals surface area contributed by atoms with Crippen molar-refractivity contribution in [3.8, 4) is 23.1 Å². The lowest BCUT2D eigenvalue weighted by atomic mass is 10.3. The van der Waals surface area contributed by atoms with Crippen molar-refractivity contribution >= 4 is 30.6 Å². The molecule has 0 saturated heterocycles. The fraction of sp³-hybridized carbons (Fsp3) is 0.261. The molecule has 0 amide bonds. The summed E-state index contributed by atoms with van der Waals surface area (Å²) in [5.74, 6) is 0.212. The smallest absolute Gasteiger partial charge is 0.437 e. The van der Waals surface area contributed by atoms with Crippen molar-refractivity contribution in [3.05, 3.63) is 54.9 Å². The van der Waals surface area contributed by atoms with Crippen LogP contribution in [0.25, 0.3) is 22.6 Å². The first-order valence-corrected chi connectivity index (χ1v) is 14.2. The molecule has 1 aromatic carbocycles. The molecule has 4 aromatic rings. The minimum Gasteiger partial charge on any atom is -0.437 e. The molecular formula is C23H22F3N5O4S2. The number of sulfone groups is 1. The van der Waals surface area contributed by atoms with Gasteiger partial charge in [0.2, 0.25) is 5.88 Å². The Hall–Kier alpha value is -3.52. The van der Waals surface area contributed by atoms with E-state index in [1.54, 1.807) is 25.2 Å². The average molecular weight is 554 g/mol. The lowest BCUT2D eigenvalue weighted by molar-refractivity contribution is -0.0403. The number of pyridine rings is 2. The summed E-state index contributed by atoms with van der Waals surface area (Å²) in [6.45, 7) is 2.54. The average Bonchev–Trinajstić information content (AvgIpc) is 3.19. The summed E-state index contributed by atoms with van der Waals surface area (Å²) in [5.41, 5.74) is -4.63. The molecule has 0 radical (unpaired) electrons. The predicted molar refractivity (Wildman–Crippen MR) is 131 cm³/mol. The number of aromatic nitrogens is 4. The minimum absolute atomic E-state index is 0.00901. The highest BCUT2D eigenvalue weighted by molar-refractivity contribution is 7.94. The van der Waals surface area contributed by atoms with Crippen molar-refractivity contribution in [3.63, 3.8) is 0 Å². The van der Waals surface area contributed by atoms with Gasteiger partial charge in [0.25, 0.3) is 0 Å². The fourth-order valence-corrected chi connectivity index (χ4v) is 6.09. The van der Waals surface area contributed by atoms with Crippen molar-refractivity contribution in [2.75, 3.05) is 12.3 Å². The maximum Gasteiger partial charge on any atom is 0.483 e. The largest absolute Gasteiger partial charge is 0.483 e. The van der Waals surface area contributed by atoms with Crippen LogP contribution in [0.3, 0.4) is 0 Å². The third-order valence-electron chi connectivity index (χ3n) is 5.41. The third-order valence-corrected chi connectivity index (χ3v) is 9.29. The van der Waals surface area contributed by atoms with Gasteiger partial charge in [0, 0.05) is 31.9 Å². The van der Waals surface area contributed by atoms with E-state index in [-0.39, 0.29) is 45.9 Å². The van der Waals surface area contributed by atoms with Gasteiger partial charge in [0.05, 0.1) is 27.9 Å². The summed E-state index contributed by atoms with van der Waals surface area (Å²) in [5, 5.41) is 0. The van der Waals surface area contributed by atoms with Gasteiger partial charge in [-0.3, -0.25) is 0 Å². The highest BCUT2D eigenvalue weighted by Gasteiger charge is 2.44. The molecule has 0 spiro atoms. The van der Waals surface area contributed by atoms with Crippen molar-refractivity contribution in [1.29, 1.82) is 0 Å². The number of aryl methyl sites for hydroxylation is 1. The molecule has 196 valence electrons. The van der Waals surface area contributed by atoms with Crippen LogP contribution >= 0.6 is 0 Å². The molecule has 1 unspecified atom stereocenters. The number of fused-ring (bicyclic) bond motifs is 1. The molecule has 0 fully saturated rings. The predicted octanol–water partition coefficient (Wildman–Crippen LogP) is 4.98. The van der Waals surface area contributed by atoms with Crippen LogP contribution in [0.15, 0.2) is 69.0 Å². The zero-order chi connectivity index (χ0) is 27.0. The number of rotatable bonds is 7. The van der Waals surface area contributed by atoms with Crippen LogP contribution in [0.2, 0.25) is 0 Å². The van der Waals surface area contributed by atoms with E-state index in [4.69, 9.17) is 4.74 Å². The zero-order valence-corrected chi connectivity index (χ0v) is 21.6. The molecule has 37 heavy (non-hydrogen) atoms. The molecule has 3 aromatic heterocycles. The van der Waals surface area contributed by atoms with Crippen LogP contribution in [0.1, 0.15) is 13.8 Å². The first-order chi connectivity index (χ1) is 17.4. The van der Waals surface area contributed by atoms with Crippen LogP contribution in [0.5, 0.6) is 11.6 Å². The van der Waals surface area contributed by atoms with Crippen LogP contribution in [0.4, 0.5) is 13.2 Å². The van der Waals surface area contributed by atoms with E-state index in [2.05, 4.69) is 19.3 Å². The molecule has 0 aliphatic heterocycles. The maximum atomic E-state index is 13.7. The lowest BCUT2D eigenvalue weighted by Gasteiger charge is -2.13. The van der Waals surface area contributed by atoms with Crippen LogP contribution in [-0.2, 0) is 26.6 Å². The molecule has 3 heterocycles. The van der Waals surface area contributed by atoms with Gasteiger partial charge in [-0.2, -0.15) is 13.2 Å². The lowest BCUT2D eigenvalue weighted by Crippen LogP contribution is -2.23. The summed E-state index contributed by atoms with van der Waals surface area (Å²) in [6, 6.07) is 9.77. The molecule has 0 aliphatic carbocycles. The first-order valence-electron chi connectivity index (χ1n) is 11.0. The Bertz CT molecular complexity index is 1690. The van der Waals surface area contributed by atoms with E-state index < -0.39 is 30.0 Å². The Balaban J connectivity index is 1.89. The molecule has 0 saturated carbocycles. The van der Waals surface area contributed by atoms with E-state index in [9.17, 15) is 25.8 Å². The SMILES string of the molecule is CCN=S(=O)(c1ccc2c(c1)nc(-c1ncc(Oc3ccccn3)cc1S(=O)(=O)CC)n2C)C(F)(F)F. The molecule has 0 bridgehead atoms. The fourth-order valence-electron chi connectivity index (χ4n) is 3.60. The van der Waals surface area contributed by atoms with E-state index in [0.29, 0.717) is 5.52 Å². The quantitative estimate of drug-likeness (QED) is 0.317. The number of alkyl halides is 3. The summed E-state index contributed by atoms with van der Waals surface area (Å²) in [7, 11) is -6.98. The number of imidazole rings is 1. The molecule has 9 nitrogen and oxygen atoms in total. The van der Waals surface area contributed by atoms with Crippen molar-refractivity contribution < 1.29 is 30.5 Å². The second-order valence-electron chi connectivity index (χ2n) is 7.75. The topological polar surface area (TPSA) is 116 Å². The van der Waals surface area contributed by atoms with E-state index in [0.717, 1.165) is 12.1 Å². The van der Waals surface area contributed by atoms with Crippen LogP contribution < -0.4 is 4.74 Å². The number of hydrogen-bond acceptors (Lipinski definition) is 8. The summed E-state index contributed by atoms with van der Waals surface area (Å²) < 4.78 is 90.2. The number of benzene rings is 1. The molecule has 1 atom stereocenters. The summed E-state index contributed by atoms with van der Waals surface area (Å²) >= 11 is 0. The van der Waals surface area contributed by atoms with Crippen molar-refractivity contribution in [1.82, 2.24) is 19.5 Å². The normalized spacial score (nSPS) is 13.9. The monoisotopic (exact) mass is 553 g/mol. The van der Waals surface area contributed by atoms with Gasteiger partial charge in [0.15, 0.2) is 25.4 Å². The van der Waals surface area contributed by atoms with Gasteiger partial charge >= 0.3 is 5.51 Å². The Morgan fingerprint density at radius 2 is 1.81 bits per heavy atom. The van der Waals surface area contributed by atoms with E-state index in [1.807, 2.05) is 0 Å². The number of hydrogen-bond donors (Lipinski definition) is 0. The Morgan fingerprint density at radius 3 is 2.43 bits per heavy atom. The van der Waals surface area contributed by atoms with Crippen molar-refractivity contribution in [2.24, 2.45) is 11.4 Å². The Labute approximate surface area is 211 Å². The number of nitrogens with zero attached hydrogens (tertiary/aromatic N) is 5. The van der Waals surface area contributed by atoms with E-state index in [1.165, 1.54) is 42.9 Å². The van der Waals surface area contributed by atoms with Gasteiger partial charge in [-0.1, -0.05) is 13.0 Å². The summed E-state index contributed by atoms with van der Waals surface area (Å²) in [4.78, 5) is 12.0. The van der Waals surface area contributed by atoms with Gasteiger partial charge < -0.3 is 9.30 Å². The Kier molecular flexibility index (Phi) is 6.99. The number of ether oxygens (including phenoxy) is 1. The highest BCUT2D eigenvalue weighted by Crippen LogP contribution is 2.36. The second kappa shape index (κ2) is 9.74. The zero-order valence-electron chi connectivity index (χ0n) is 19.9. The first kappa shape index (κ1) is 26.5. The minimum atomic E-state index is -5.08. The van der Waals surface area contributed by atoms with E-state index >= 15 is 0 Å². The van der Waals surface area contributed by atoms with Crippen LogP contribution in [-0.4, -0.2) is 50.0 Å². The van der Waals surface area contributed by atoms with Crippen molar-refractivity contribution in [2.45, 2.75) is 29.1 Å². The Morgan fingerprint density at radius 1 is 1.05 bits per heavy atom. The van der Waals surface area contributed by atoms with Gasteiger partial charge in [-0.15, -0.1) is 0 Å². The van der Waals surface area contributed by atoms with Crippen LogP contribution in [0, 0.1) is 0 Å². The second-order valence-corrected chi connectivity index (χ2v) is 12.2. The standard InChI is InChI=1S/C23H22F3N5O4S2/c1-4-29-37(34,23(24,25)26)16-9-10-18-17(13-16)30-22(31(18)3)21-19(36(32,33)5-2)12-15(14-28-21)35-20-8-6-7-11-27-20/h6-14H,4-5H2,1-3H3. The molecule has 0 N–H and O–H groups in total. The maximum absolute atomic E-state index is 13.7. The van der Waals surface area contributed by atoms with Gasteiger partial charge in [-0.05, 0) is 31.2 Å². The highest BCUT2D eigenvalue weighted by atomic mass is 32.2. The molecular weight excluding hydrogens is 531 g/mol. The van der Waals surface area contributed by atoms with Gasteiger partial charge in [0.1, 0.15) is 16.3 Å². The van der Waals surface area contributed by atoms with Gasteiger partial charge in [-0.25, -0.2) is 31.9 Å². The third kappa shape index (κ3) is 4.90.